The molecule has 0 aliphatic heterocycles. The van der Waals surface area contributed by atoms with E-state index in [1.807, 2.05) is 31.2 Å². The highest BCUT2D eigenvalue weighted by Gasteiger charge is 2.13. The minimum atomic E-state index is -0.177. The third-order valence-electron chi connectivity index (χ3n) is 3.85. The van der Waals surface area contributed by atoms with Crippen LogP contribution in [0.25, 0.3) is 0 Å². The van der Waals surface area contributed by atoms with Crippen molar-refractivity contribution in [2.24, 2.45) is 0 Å². The second kappa shape index (κ2) is 10.4. The van der Waals surface area contributed by atoms with Crippen LogP contribution < -0.4 is 10.6 Å². The van der Waals surface area contributed by atoms with E-state index in [0.29, 0.717) is 12.5 Å². The molecule has 4 nitrogen and oxygen atoms in total. The zero-order valence-electron chi connectivity index (χ0n) is 14.2. The van der Waals surface area contributed by atoms with Crippen molar-refractivity contribution in [1.29, 1.82) is 0 Å². The number of alkyl halides is 1. The third kappa shape index (κ3) is 7.16. The molecule has 0 spiro atoms. The second-order valence-corrected chi connectivity index (χ2v) is 6.88. The molecule has 0 unspecified atom stereocenters. The van der Waals surface area contributed by atoms with E-state index < -0.39 is 0 Å². The van der Waals surface area contributed by atoms with Crippen molar-refractivity contribution < 1.29 is 9.59 Å². The average Bonchev–Trinajstić information content (AvgIpc) is 2.54. The molecule has 0 heterocycles. The lowest BCUT2D eigenvalue weighted by atomic mass is 9.99. The van der Waals surface area contributed by atoms with Crippen molar-refractivity contribution in [3.05, 3.63) is 29.8 Å². The smallest absolute Gasteiger partial charge is 0.233 e. The van der Waals surface area contributed by atoms with Crippen molar-refractivity contribution in [1.82, 2.24) is 5.32 Å². The SMILES string of the molecule is CCC[C@@H](Br)C(=O)NCCC(=O)Nc1ccc([C@@H](C)CC)cc1. The zero-order valence-corrected chi connectivity index (χ0v) is 15.8. The van der Waals surface area contributed by atoms with Crippen molar-refractivity contribution in [3.8, 4) is 0 Å². The number of carbonyl (C=O) groups excluding carboxylic acids is 2. The first-order valence-corrected chi connectivity index (χ1v) is 9.21. The molecular formula is C18H27BrN2O2. The Morgan fingerprint density at radius 3 is 2.39 bits per heavy atom. The number of anilines is 1. The fourth-order valence-electron chi connectivity index (χ4n) is 2.15. The number of halogens is 1. The molecule has 1 aromatic rings. The fourth-order valence-corrected chi connectivity index (χ4v) is 2.77. The molecule has 23 heavy (non-hydrogen) atoms. The summed E-state index contributed by atoms with van der Waals surface area (Å²) < 4.78 is 0. The van der Waals surface area contributed by atoms with E-state index in [0.717, 1.165) is 24.9 Å². The predicted molar refractivity (Wildman–Crippen MR) is 99.0 cm³/mol. The molecule has 0 saturated carbocycles. The summed E-state index contributed by atoms with van der Waals surface area (Å²) in [5.41, 5.74) is 2.06. The molecule has 2 amide bonds. The lowest BCUT2D eigenvalue weighted by molar-refractivity contribution is -0.120. The first-order valence-electron chi connectivity index (χ1n) is 8.29. The maximum Gasteiger partial charge on any atom is 0.233 e. The molecule has 0 aliphatic rings. The van der Waals surface area contributed by atoms with Gasteiger partial charge in [-0.2, -0.15) is 0 Å². The van der Waals surface area contributed by atoms with Crippen LogP contribution in [0.2, 0.25) is 0 Å². The topological polar surface area (TPSA) is 58.2 Å². The van der Waals surface area contributed by atoms with Crippen LogP contribution in [0.4, 0.5) is 5.69 Å². The number of hydrogen-bond acceptors (Lipinski definition) is 2. The third-order valence-corrected chi connectivity index (χ3v) is 4.73. The standard InChI is InChI=1S/C18H27BrN2O2/c1-4-6-16(19)18(23)20-12-11-17(22)21-15-9-7-14(8-10-15)13(3)5-2/h7-10,13,16H,4-6,11-12H2,1-3H3,(H,20,23)(H,21,22)/t13-,16+/m0/s1. The number of rotatable bonds is 9. The summed E-state index contributed by atoms with van der Waals surface area (Å²) in [6, 6.07) is 7.94. The zero-order chi connectivity index (χ0) is 17.2. The van der Waals surface area contributed by atoms with E-state index in [2.05, 4.69) is 40.4 Å². The Hall–Kier alpha value is -1.36. The molecule has 5 heteroatoms. The van der Waals surface area contributed by atoms with Gasteiger partial charge >= 0.3 is 0 Å². The van der Waals surface area contributed by atoms with Crippen molar-refractivity contribution in [2.75, 3.05) is 11.9 Å². The lowest BCUT2D eigenvalue weighted by Gasteiger charge is -2.11. The number of nitrogens with one attached hydrogen (secondary N) is 2. The number of amides is 2. The first-order chi connectivity index (χ1) is 11.0. The van der Waals surface area contributed by atoms with E-state index in [1.54, 1.807) is 0 Å². The van der Waals surface area contributed by atoms with Crippen LogP contribution in [0, 0.1) is 0 Å². The van der Waals surface area contributed by atoms with Crippen LogP contribution >= 0.6 is 15.9 Å². The van der Waals surface area contributed by atoms with E-state index >= 15 is 0 Å². The quantitative estimate of drug-likeness (QED) is 0.628. The van der Waals surface area contributed by atoms with E-state index in [1.165, 1.54) is 5.56 Å². The van der Waals surface area contributed by atoms with Crippen LogP contribution in [0.5, 0.6) is 0 Å². The Balaban J connectivity index is 2.35. The molecule has 0 fully saturated rings. The van der Waals surface area contributed by atoms with E-state index in [4.69, 9.17) is 0 Å². The average molecular weight is 383 g/mol. The van der Waals surface area contributed by atoms with Gasteiger partial charge in [0.15, 0.2) is 0 Å². The van der Waals surface area contributed by atoms with Gasteiger partial charge in [-0.3, -0.25) is 9.59 Å². The van der Waals surface area contributed by atoms with Crippen LogP contribution in [0.1, 0.15) is 57.9 Å². The molecule has 1 aromatic carbocycles. The normalized spacial score (nSPS) is 13.2. The molecule has 0 bridgehead atoms. The monoisotopic (exact) mass is 382 g/mol. The first kappa shape index (κ1) is 19.7. The van der Waals surface area contributed by atoms with Gasteiger partial charge in [-0.25, -0.2) is 0 Å². The summed E-state index contributed by atoms with van der Waals surface area (Å²) in [4.78, 5) is 23.4. The fraction of sp³-hybridized carbons (Fsp3) is 0.556. The van der Waals surface area contributed by atoms with Crippen LogP contribution in [0.15, 0.2) is 24.3 Å². The largest absolute Gasteiger partial charge is 0.355 e. The minimum Gasteiger partial charge on any atom is -0.355 e. The van der Waals surface area contributed by atoms with Gasteiger partial charge in [0.2, 0.25) is 11.8 Å². The summed E-state index contributed by atoms with van der Waals surface area (Å²) >= 11 is 3.34. The Morgan fingerprint density at radius 2 is 1.83 bits per heavy atom. The minimum absolute atomic E-state index is 0.0578. The summed E-state index contributed by atoms with van der Waals surface area (Å²) in [6.45, 7) is 6.72. The lowest BCUT2D eigenvalue weighted by Crippen LogP contribution is -2.33. The van der Waals surface area contributed by atoms with Gasteiger partial charge in [-0.05, 0) is 36.5 Å². The maximum absolute atomic E-state index is 11.9. The Bertz CT molecular complexity index is 502. The summed E-state index contributed by atoms with van der Waals surface area (Å²) in [6.07, 6.45) is 3.10. The van der Waals surface area contributed by atoms with Crippen LogP contribution in [0.3, 0.4) is 0 Å². The van der Waals surface area contributed by atoms with E-state index in [-0.39, 0.29) is 23.1 Å². The van der Waals surface area contributed by atoms with E-state index in [9.17, 15) is 9.59 Å². The molecule has 0 saturated heterocycles. The van der Waals surface area contributed by atoms with Gasteiger partial charge in [-0.1, -0.05) is 55.3 Å². The van der Waals surface area contributed by atoms with Crippen molar-refractivity contribution in [2.45, 2.75) is 57.2 Å². The van der Waals surface area contributed by atoms with Crippen molar-refractivity contribution >= 4 is 33.4 Å². The number of carbonyl (C=O) groups is 2. The maximum atomic E-state index is 11.9. The van der Waals surface area contributed by atoms with Crippen molar-refractivity contribution in [3.63, 3.8) is 0 Å². The molecular weight excluding hydrogens is 356 g/mol. The van der Waals surface area contributed by atoms with Crippen LogP contribution in [-0.4, -0.2) is 23.2 Å². The number of benzene rings is 1. The van der Waals surface area contributed by atoms with Crippen LogP contribution in [-0.2, 0) is 9.59 Å². The molecule has 0 radical (unpaired) electrons. The van der Waals surface area contributed by atoms with Gasteiger partial charge in [-0.15, -0.1) is 0 Å². The molecule has 1 rings (SSSR count). The Labute approximate surface area is 147 Å². The number of hydrogen-bond donors (Lipinski definition) is 2. The summed E-state index contributed by atoms with van der Waals surface area (Å²) in [5, 5.41) is 5.62. The van der Waals surface area contributed by atoms with Gasteiger partial charge in [0.25, 0.3) is 0 Å². The predicted octanol–water partition coefficient (Wildman–Crippen LogP) is 4.21. The Kier molecular flexibility index (Phi) is 8.92. The second-order valence-electron chi connectivity index (χ2n) is 5.78. The highest BCUT2D eigenvalue weighted by Crippen LogP contribution is 2.20. The van der Waals surface area contributed by atoms with Gasteiger partial charge in [0, 0.05) is 18.7 Å². The highest BCUT2D eigenvalue weighted by atomic mass is 79.9. The van der Waals surface area contributed by atoms with Gasteiger partial charge in [0.1, 0.15) is 0 Å². The van der Waals surface area contributed by atoms with Gasteiger partial charge < -0.3 is 10.6 Å². The highest BCUT2D eigenvalue weighted by molar-refractivity contribution is 9.10. The molecule has 0 aliphatic carbocycles. The molecule has 2 N–H and O–H groups in total. The molecule has 2 atom stereocenters. The summed E-state index contributed by atoms with van der Waals surface area (Å²) in [7, 11) is 0. The van der Waals surface area contributed by atoms with Gasteiger partial charge in [0.05, 0.1) is 4.83 Å². The molecule has 0 aromatic heterocycles. The summed E-state index contributed by atoms with van der Waals surface area (Å²) in [5.74, 6) is 0.371. The molecule has 128 valence electrons. The Morgan fingerprint density at radius 1 is 1.17 bits per heavy atom.